The van der Waals surface area contributed by atoms with E-state index < -0.39 is 10.0 Å². The van der Waals surface area contributed by atoms with E-state index in [1.165, 1.54) is 12.6 Å². The molecule has 0 unspecified atom stereocenters. The van der Waals surface area contributed by atoms with Gasteiger partial charge in [0, 0.05) is 19.0 Å². The first kappa shape index (κ1) is 15.0. The number of sulfonamides is 1. The van der Waals surface area contributed by atoms with Crippen LogP contribution >= 0.6 is 0 Å². The first-order valence-corrected chi connectivity index (χ1v) is 8.42. The average molecular weight is 296 g/mol. The van der Waals surface area contributed by atoms with Crippen molar-refractivity contribution in [2.45, 2.75) is 18.3 Å². The van der Waals surface area contributed by atoms with Crippen molar-refractivity contribution in [1.82, 2.24) is 9.62 Å². The van der Waals surface area contributed by atoms with Crippen LogP contribution in [0.3, 0.4) is 0 Å². The van der Waals surface area contributed by atoms with E-state index in [1.807, 2.05) is 18.2 Å². The van der Waals surface area contributed by atoms with Crippen molar-refractivity contribution in [3.05, 3.63) is 35.9 Å². The number of benzene rings is 1. The second kappa shape index (κ2) is 5.54. The molecule has 0 aliphatic heterocycles. The van der Waals surface area contributed by atoms with Gasteiger partial charge in [-0.3, -0.25) is 4.79 Å². The second-order valence-corrected chi connectivity index (χ2v) is 7.53. The summed E-state index contributed by atoms with van der Waals surface area (Å²) < 4.78 is 23.5. The summed E-state index contributed by atoms with van der Waals surface area (Å²) in [5.74, 6) is -0.264. The summed E-state index contributed by atoms with van der Waals surface area (Å²) in [4.78, 5) is 11.8. The fraction of sp³-hybridized carbons (Fsp3) is 0.500. The van der Waals surface area contributed by atoms with Crippen LogP contribution in [0.4, 0.5) is 0 Å². The molecule has 1 aromatic rings. The third-order valence-electron chi connectivity index (χ3n) is 3.80. The monoisotopic (exact) mass is 296 g/mol. The second-order valence-electron chi connectivity index (χ2n) is 5.44. The summed E-state index contributed by atoms with van der Waals surface area (Å²) in [6.07, 6.45) is 3.20. The van der Waals surface area contributed by atoms with Crippen LogP contribution in [0.25, 0.3) is 0 Å². The summed E-state index contributed by atoms with van der Waals surface area (Å²) >= 11 is 0. The molecule has 0 atom stereocenters. The molecule has 0 bridgehead atoms. The van der Waals surface area contributed by atoms with Crippen molar-refractivity contribution in [2.75, 3.05) is 26.4 Å². The molecule has 1 aromatic carbocycles. The lowest BCUT2D eigenvalue weighted by molar-refractivity contribution is -0.121. The molecule has 0 aromatic heterocycles. The van der Waals surface area contributed by atoms with E-state index in [1.54, 1.807) is 0 Å². The lowest BCUT2D eigenvalue weighted by atomic mass is 9.96. The standard InChI is InChI=1S/C14H20N2O3S/c1-16(20(2,18)19)10-13(17)15-11-14(8-9-14)12-6-4-3-5-7-12/h3-7H,8-11H2,1-2H3,(H,15,17). The van der Waals surface area contributed by atoms with Gasteiger partial charge in [0.15, 0.2) is 0 Å². The maximum Gasteiger partial charge on any atom is 0.235 e. The van der Waals surface area contributed by atoms with E-state index in [0.29, 0.717) is 6.54 Å². The minimum Gasteiger partial charge on any atom is -0.354 e. The van der Waals surface area contributed by atoms with Gasteiger partial charge in [-0.25, -0.2) is 8.42 Å². The van der Waals surface area contributed by atoms with Crippen LogP contribution < -0.4 is 5.32 Å². The molecular formula is C14H20N2O3S. The molecule has 2 rings (SSSR count). The topological polar surface area (TPSA) is 66.5 Å². The highest BCUT2D eigenvalue weighted by molar-refractivity contribution is 7.88. The summed E-state index contributed by atoms with van der Waals surface area (Å²) in [6, 6.07) is 10.1. The van der Waals surface area contributed by atoms with Crippen molar-refractivity contribution >= 4 is 15.9 Å². The van der Waals surface area contributed by atoms with Crippen LogP contribution in [0.5, 0.6) is 0 Å². The lowest BCUT2D eigenvalue weighted by Crippen LogP contribution is -2.40. The number of likely N-dealkylation sites (N-methyl/N-ethyl adjacent to an activating group) is 1. The zero-order valence-corrected chi connectivity index (χ0v) is 12.6. The van der Waals surface area contributed by atoms with Crippen molar-refractivity contribution in [3.63, 3.8) is 0 Å². The number of carbonyl (C=O) groups excluding carboxylic acids is 1. The first-order chi connectivity index (χ1) is 9.33. The number of nitrogens with zero attached hydrogens (tertiary/aromatic N) is 1. The average Bonchev–Trinajstić information content (AvgIpc) is 3.17. The maximum absolute atomic E-state index is 11.8. The third-order valence-corrected chi connectivity index (χ3v) is 5.06. The Hall–Kier alpha value is -1.40. The lowest BCUT2D eigenvalue weighted by Gasteiger charge is -2.18. The predicted molar refractivity (Wildman–Crippen MR) is 77.8 cm³/mol. The third kappa shape index (κ3) is 3.58. The van der Waals surface area contributed by atoms with Gasteiger partial charge in [-0.05, 0) is 18.4 Å². The zero-order valence-electron chi connectivity index (χ0n) is 11.8. The van der Waals surface area contributed by atoms with E-state index in [0.717, 1.165) is 23.4 Å². The summed E-state index contributed by atoms with van der Waals surface area (Å²) in [5.41, 5.74) is 1.28. The number of rotatable bonds is 6. The van der Waals surface area contributed by atoms with Gasteiger partial charge < -0.3 is 5.32 Å². The molecule has 6 heteroatoms. The van der Waals surface area contributed by atoms with Crippen LogP contribution in [0.2, 0.25) is 0 Å². The zero-order chi connectivity index (χ0) is 14.8. The van der Waals surface area contributed by atoms with E-state index in [2.05, 4.69) is 17.4 Å². The van der Waals surface area contributed by atoms with Gasteiger partial charge in [-0.1, -0.05) is 30.3 Å². The number of nitrogens with one attached hydrogen (secondary N) is 1. The van der Waals surface area contributed by atoms with Gasteiger partial charge >= 0.3 is 0 Å². The van der Waals surface area contributed by atoms with E-state index in [-0.39, 0.29) is 17.9 Å². The molecule has 0 radical (unpaired) electrons. The normalized spacial score (nSPS) is 16.9. The van der Waals surface area contributed by atoms with Gasteiger partial charge in [0.2, 0.25) is 15.9 Å². The summed E-state index contributed by atoms with van der Waals surface area (Å²) in [6.45, 7) is 0.428. The van der Waals surface area contributed by atoms with Crippen LogP contribution in [-0.4, -0.2) is 45.0 Å². The number of hydrogen-bond acceptors (Lipinski definition) is 3. The van der Waals surface area contributed by atoms with Crippen molar-refractivity contribution in [2.24, 2.45) is 0 Å². The Bertz CT molecular complexity index is 580. The van der Waals surface area contributed by atoms with Gasteiger partial charge in [0.1, 0.15) is 0 Å². The van der Waals surface area contributed by atoms with E-state index in [4.69, 9.17) is 0 Å². The van der Waals surface area contributed by atoms with Crippen molar-refractivity contribution in [3.8, 4) is 0 Å². The minimum atomic E-state index is -3.32. The van der Waals surface area contributed by atoms with E-state index in [9.17, 15) is 13.2 Å². The molecule has 1 saturated carbocycles. The quantitative estimate of drug-likeness (QED) is 0.841. The molecule has 110 valence electrons. The Balaban J connectivity index is 1.89. The predicted octanol–water partition coefficient (Wildman–Crippen LogP) is 0.726. The highest BCUT2D eigenvalue weighted by Crippen LogP contribution is 2.47. The summed E-state index contributed by atoms with van der Waals surface area (Å²) in [7, 11) is -1.91. The van der Waals surface area contributed by atoms with Gasteiger partial charge in [0.25, 0.3) is 0 Å². The molecule has 1 aliphatic carbocycles. The highest BCUT2D eigenvalue weighted by atomic mass is 32.2. The fourth-order valence-electron chi connectivity index (χ4n) is 2.15. The number of amides is 1. The Morgan fingerprint density at radius 2 is 1.90 bits per heavy atom. The number of carbonyl (C=O) groups is 1. The molecule has 1 fully saturated rings. The Labute approximate surface area is 120 Å². The van der Waals surface area contributed by atoms with Crippen LogP contribution in [0.15, 0.2) is 30.3 Å². The molecule has 0 saturated heterocycles. The Morgan fingerprint density at radius 1 is 1.30 bits per heavy atom. The first-order valence-electron chi connectivity index (χ1n) is 6.57. The van der Waals surface area contributed by atoms with Crippen molar-refractivity contribution in [1.29, 1.82) is 0 Å². The Kier molecular flexibility index (Phi) is 4.15. The van der Waals surface area contributed by atoms with E-state index >= 15 is 0 Å². The highest BCUT2D eigenvalue weighted by Gasteiger charge is 2.44. The van der Waals surface area contributed by atoms with Gasteiger partial charge in [-0.2, -0.15) is 4.31 Å². The molecule has 1 amide bonds. The molecule has 5 nitrogen and oxygen atoms in total. The summed E-state index contributed by atoms with van der Waals surface area (Å²) in [5, 5.41) is 2.84. The van der Waals surface area contributed by atoms with Crippen LogP contribution in [0, 0.1) is 0 Å². The van der Waals surface area contributed by atoms with Crippen molar-refractivity contribution < 1.29 is 13.2 Å². The maximum atomic E-state index is 11.8. The largest absolute Gasteiger partial charge is 0.354 e. The molecule has 1 aliphatic rings. The van der Waals surface area contributed by atoms with Crippen LogP contribution in [-0.2, 0) is 20.2 Å². The van der Waals surface area contributed by atoms with Gasteiger partial charge in [0.05, 0.1) is 12.8 Å². The Morgan fingerprint density at radius 3 is 2.40 bits per heavy atom. The molecule has 20 heavy (non-hydrogen) atoms. The van der Waals surface area contributed by atoms with Gasteiger partial charge in [-0.15, -0.1) is 0 Å². The molecule has 1 N–H and O–H groups in total. The molecular weight excluding hydrogens is 276 g/mol. The smallest absolute Gasteiger partial charge is 0.235 e. The molecule has 0 spiro atoms. The molecule has 0 heterocycles. The SMILES string of the molecule is CN(CC(=O)NCC1(c2ccccc2)CC1)S(C)(=O)=O. The minimum absolute atomic E-state index is 0.0422. The fourth-order valence-corrected chi connectivity index (χ4v) is 2.51. The number of hydrogen-bond donors (Lipinski definition) is 1. The van der Waals surface area contributed by atoms with Crippen LogP contribution in [0.1, 0.15) is 18.4 Å².